The first-order chi connectivity index (χ1) is 15.5. The Morgan fingerprint density at radius 1 is 0.812 bits per heavy atom. The van der Waals surface area contributed by atoms with Gasteiger partial charge in [0, 0.05) is 23.1 Å². The summed E-state index contributed by atoms with van der Waals surface area (Å²) in [4.78, 5) is 31.4. The van der Waals surface area contributed by atoms with E-state index < -0.39 is 0 Å². The van der Waals surface area contributed by atoms with Crippen molar-refractivity contribution in [1.82, 2.24) is 4.90 Å². The van der Waals surface area contributed by atoms with Gasteiger partial charge in [0.25, 0.3) is 0 Å². The van der Waals surface area contributed by atoms with Gasteiger partial charge in [0.1, 0.15) is 0 Å². The number of aryl methyl sites for hydroxylation is 1. The summed E-state index contributed by atoms with van der Waals surface area (Å²) in [5.74, 6) is -0.830. The number of anilines is 1. The minimum absolute atomic E-state index is 0.0236. The number of benzene rings is 3. The van der Waals surface area contributed by atoms with Crippen molar-refractivity contribution < 1.29 is 9.59 Å². The smallest absolute Gasteiger partial charge is 0.239 e. The van der Waals surface area contributed by atoms with Crippen LogP contribution in [0.1, 0.15) is 28.3 Å². The van der Waals surface area contributed by atoms with Crippen LogP contribution < -0.4 is 4.90 Å². The van der Waals surface area contributed by atoms with Crippen molar-refractivity contribution in [3.63, 3.8) is 0 Å². The van der Waals surface area contributed by atoms with E-state index in [0.717, 1.165) is 28.6 Å². The Kier molecular flexibility index (Phi) is 4.60. The molecule has 2 saturated heterocycles. The second kappa shape index (κ2) is 7.39. The number of rotatable bonds is 2. The summed E-state index contributed by atoms with van der Waals surface area (Å²) in [6.07, 6.45) is 0.797. The second-order valence-electron chi connectivity index (χ2n) is 9.11. The molecule has 2 amide bonds. The first kappa shape index (κ1) is 19.9. The maximum atomic E-state index is 13.8. The summed E-state index contributed by atoms with van der Waals surface area (Å²) in [5, 5.41) is 0. The van der Waals surface area contributed by atoms with Crippen molar-refractivity contribution in [1.29, 1.82) is 0 Å². The van der Waals surface area contributed by atoms with Gasteiger partial charge in [-0.1, -0.05) is 70.0 Å². The first-order valence-corrected chi connectivity index (χ1v) is 11.8. The van der Waals surface area contributed by atoms with Crippen LogP contribution >= 0.6 is 15.9 Å². The van der Waals surface area contributed by atoms with Gasteiger partial charge in [0.2, 0.25) is 11.8 Å². The second-order valence-corrected chi connectivity index (χ2v) is 10.0. The third-order valence-electron chi connectivity index (χ3n) is 7.34. The summed E-state index contributed by atoms with van der Waals surface area (Å²) in [5.41, 5.74) is 5.46. The highest BCUT2D eigenvalue weighted by Crippen LogP contribution is 2.53. The van der Waals surface area contributed by atoms with Gasteiger partial charge in [-0.2, -0.15) is 0 Å². The topological polar surface area (TPSA) is 40.6 Å². The third kappa shape index (κ3) is 2.91. The van der Waals surface area contributed by atoms with Crippen LogP contribution in [0, 0.1) is 18.8 Å². The number of hydrogen-bond donors (Lipinski definition) is 0. The fourth-order valence-corrected chi connectivity index (χ4v) is 6.13. The van der Waals surface area contributed by atoms with E-state index in [1.807, 2.05) is 43.3 Å². The summed E-state index contributed by atoms with van der Waals surface area (Å²) >= 11 is 3.53. The molecule has 0 unspecified atom stereocenters. The SMILES string of the molecule is Cc1ccc(N2C(=O)[C@@H]3[C@H](C2=O)[C@H](c2ccc(Br)cc2)N2Cc4ccccc4C[C@H]32)cc1. The van der Waals surface area contributed by atoms with Crippen LogP contribution in [-0.4, -0.2) is 22.8 Å². The van der Waals surface area contributed by atoms with Crippen molar-refractivity contribution in [3.8, 4) is 0 Å². The molecule has 3 aromatic rings. The van der Waals surface area contributed by atoms with Crippen molar-refractivity contribution in [2.75, 3.05) is 4.90 Å². The van der Waals surface area contributed by atoms with Crippen LogP contribution in [0.15, 0.2) is 77.3 Å². The summed E-state index contributed by atoms with van der Waals surface area (Å²) in [7, 11) is 0. The molecule has 0 aromatic heterocycles. The molecule has 3 aliphatic rings. The zero-order chi connectivity index (χ0) is 22.0. The molecular weight excluding hydrogens is 464 g/mol. The Morgan fingerprint density at radius 3 is 2.19 bits per heavy atom. The molecule has 4 nitrogen and oxygen atoms in total. The molecule has 0 N–H and O–H groups in total. The number of imide groups is 1. The molecule has 0 saturated carbocycles. The van der Waals surface area contributed by atoms with E-state index in [-0.39, 0.29) is 35.7 Å². The van der Waals surface area contributed by atoms with Crippen LogP contribution in [0.5, 0.6) is 0 Å². The van der Waals surface area contributed by atoms with Gasteiger partial charge in [-0.3, -0.25) is 14.5 Å². The maximum Gasteiger partial charge on any atom is 0.239 e. The molecule has 160 valence electrons. The summed E-state index contributed by atoms with van der Waals surface area (Å²) in [6, 6.07) is 24.3. The van der Waals surface area contributed by atoms with Crippen LogP contribution in [0.4, 0.5) is 5.69 Å². The van der Waals surface area contributed by atoms with Gasteiger partial charge < -0.3 is 0 Å². The quantitative estimate of drug-likeness (QED) is 0.476. The van der Waals surface area contributed by atoms with Gasteiger partial charge in [-0.15, -0.1) is 0 Å². The first-order valence-electron chi connectivity index (χ1n) is 11.1. The summed E-state index contributed by atoms with van der Waals surface area (Å²) in [6.45, 7) is 2.77. The number of nitrogens with zero attached hydrogens (tertiary/aromatic N) is 2. The number of carbonyl (C=O) groups excluding carboxylic acids is 2. The third-order valence-corrected chi connectivity index (χ3v) is 7.87. The fraction of sp³-hybridized carbons (Fsp3) is 0.259. The van der Waals surface area contributed by atoms with Crippen molar-refractivity contribution in [3.05, 3.63) is 99.5 Å². The minimum atomic E-state index is -0.371. The average Bonchev–Trinajstić information content (AvgIpc) is 3.26. The van der Waals surface area contributed by atoms with E-state index in [9.17, 15) is 9.59 Å². The van der Waals surface area contributed by atoms with Crippen LogP contribution in [0.3, 0.4) is 0 Å². The Morgan fingerprint density at radius 2 is 1.47 bits per heavy atom. The van der Waals surface area contributed by atoms with Gasteiger partial charge in [0.15, 0.2) is 0 Å². The number of hydrogen-bond acceptors (Lipinski definition) is 3. The Balaban J connectivity index is 1.47. The highest BCUT2D eigenvalue weighted by Gasteiger charge is 2.63. The normalized spacial score (nSPS) is 26.8. The number of amides is 2. The molecule has 0 radical (unpaired) electrons. The molecule has 3 aromatic carbocycles. The zero-order valence-corrected chi connectivity index (χ0v) is 19.3. The molecule has 0 aliphatic carbocycles. The number of carbonyl (C=O) groups is 2. The standard InChI is InChI=1S/C27H23BrN2O2/c1-16-6-12-21(13-7-16)30-26(31)23-22-14-18-4-2-3-5-19(18)15-29(22)25(24(23)27(30)32)17-8-10-20(28)11-9-17/h2-13,22-25H,14-15H2,1H3/t22-,23+,24+,25+/m1/s1. The number of fused-ring (bicyclic) bond motifs is 4. The van der Waals surface area contributed by atoms with Crippen molar-refractivity contribution in [2.45, 2.75) is 32.0 Å². The summed E-state index contributed by atoms with van der Waals surface area (Å²) < 4.78 is 1.01. The van der Waals surface area contributed by atoms with Gasteiger partial charge in [-0.25, -0.2) is 4.90 Å². The lowest BCUT2D eigenvalue weighted by molar-refractivity contribution is -0.124. The van der Waals surface area contributed by atoms with E-state index in [4.69, 9.17) is 0 Å². The van der Waals surface area contributed by atoms with E-state index in [1.54, 1.807) is 0 Å². The maximum absolute atomic E-state index is 13.8. The monoisotopic (exact) mass is 486 g/mol. The molecule has 2 fully saturated rings. The Hall–Kier alpha value is -2.76. The predicted molar refractivity (Wildman–Crippen MR) is 127 cm³/mol. The lowest BCUT2D eigenvalue weighted by atomic mass is 9.84. The zero-order valence-electron chi connectivity index (χ0n) is 17.7. The van der Waals surface area contributed by atoms with E-state index in [0.29, 0.717) is 5.69 Å². The fourth-order valence-electron chi connectivity index (χ4n) is 5.87. The molecule has 0 bridgehead atoms. The molecule has 5 heteroatoms. The van der Waals surface area contributed by atoms with Crippen molar-refractivity contribution in [2.24, 2.45) is 11.8 Å². The van der Waals surface area contributed by atoms with Crippen LogP contribution in [0.2, 0.25) is 0 Å². The molecule has 3 aliphatic heterocycles. The van der Waals surface area contributed by atoms with Crippen LogP contribution in [-0.2, 0) is 22.6 Å². The minimum Gasteiger partial charge on any atom is -0.287 e. The Labute approximate surface area is 196 Å². The highest BCUT2D eigenvalue weighted by molar-refractivity contribution is 9.10. The molecule has 0 spiro atoms. The molecule has 6 rings (SSSR count). The highest BCUT2D eigenvalue weighted by atomic mass is 79.9. The number of halogens is 1. The largest absolute Gasteiger partial charge is 0.287 e. The molecule has 32 heavy (non-hydrogen) atoms. The van der Waals surface area contributed by atoms with Gasteiger partial charge >= 0.3 is 0 Å². The Bertz CT molecular complexity index is 1220. The van der Waals surface area contributed by atoms with E-state index in [1.165, 1.54) is 16.0 Å². The van der Waals surface area contributed by atoms with E-state index >= 15 is 0 Å². The van der Waals surface area contributed by atoms with Gasteiger partial charge in [0.05, 0.1) is 17.5 Å². The molecular formula is C27H23BrN2O2. The lowest BCUT2D eigenvalue weighted by Crippen LogP contribution is -2.44. The van der Waals surface area contributed by atoms with E-state index in [2.05, 4.69) is 57.2 Å². The van der Waals surface area contributed by atoms with Gasteiger partial charge in [-0.05, 0) is 54.3 Å². The van der Waals surface area contributed by atoms with Crippen LogP contribution in [0.25, 0.3) is 0 Å². The lowest BCUT2D eigenvalue weighted by Gasteiger charge is -2.38. The molecule has 3 heterocycles. The average molecular weight is 487 g/mol. The van der Waals surface area contributed by atoms with Crippen molar-refractivity contribution >= 4 is 33.4 Å². The predicted octanol–water partition coefficient (Wildman–Crippen LogP) is 5.04. The molecule has 4 atom stereocenters.